The van der Waals surface area contributed by atoms with Crippen molar-refractivity contribution < 1.29 is 19.1 Å². The minimum Gasteiger partial charge on any atom is -0.481 e. The molecule has 3 rings (SSSR count). The summed E-state index contributed by atoms with van der Waals surface area (Å²) in [5, 5.41) is 11.4. The van der Waals surface area contributed by atoms with Crippen LogP contribution in [0.2, 0.25) is 0 Å². The van der Waals surface area contributed by atoms with Gasteiger partial charge in [0.05, 0.1) is 10.9 Å². The van der Waals surface area contributed by atoms with E-state index in [1.807, 2.05) is 0 Å². The third-order valence-electron chi connectivity index (χ3n) is 4.21. The highest BCUT2D eigenvalue weighted by atomic mass is 32.1. The van der Waals surface area contributed by atoms with E-state index in [1.165, 1.54) is 17.4 Å². The number of amides is 1. The zero-order valence-corrected chi connectivity index (χ0v) is 14.6. The van der Waals surface area contributed by atoms with Gasteiger partial charge < -0.3 is 10.0 Å². The van der Waals surface area contributed by atoms with Crippen LogP contribution in [0.5, 0.6) is 0 Å². The van der Waals surface area contributed by atoms with Crippen LogP contribution >= 0.6 is 11.3 Å². The molecule has 1 amide bonds. The first-order valence-corrected chi connectivity index (χ1v) is 9.05. The first-order valence-electron chi connectivity index (χ1n) is 8.17. The molecule has 1 fully saturated rings. The Labute approximate surface area is 149 Å². The summed E-state index contributed by atoms with van der Waals surface area (Å²) < 4.78 is 13.7. The first-order chi connectivity index (χ1) is 12.0. The maximum atomic E-state index is 13.7. The largest absolute Gasteiger partial charge is 0.481 e. The molecule has 0 saturated heterocycles. The number of hydrogen-bond donors (Lipinski definition) is 1. The number of benzene rings is 1. The van der Waals surface area contributed by atoms with Gasteiger partial charge in [-0.3, -0.25) is 9.59 Å². The molecule has 2 aromatic rings. The van der Waals surface area contributed by atoms with Crippen LogP contribution in [0.3, 0.4) is 0 Å². The number of nitrogens with zero attached hydrogens (tertiary/aromatic N) is 2. The minimum absolute atomic E-state index is 0.103. The summed E-state index contributed by atoms with van der Waals surface area (Å²) in [6.45, 7) is 1.77. The van der Waals surface area contributed by atoms with Gasteiger partial charge in [-0.15, -0.1) is 11.3 Å². The molecule has 1 heterocycles. The Hall–Kier alpha value is -2.28. The maximum Gasteiger partial charge on any atom is 0.308 e. The average molecular weight is 362 g/mol. The third kappa shape index (κ3) is 4.22. The molecule has 7 heteroatoms. The van der Waals surface area contributed by atoms with Gasteiger partial charge in [0, 0.05) is 24.4 Å². The quantitative estimate of drug-likeness (QED) is 0.821. The molecule has 1 unspecified atom stereocenters. The Bertz CT molecular complexity index is 788. The number of hydrogen-bond acceptors (Lipinski definition) is 4. The summed E-state index contributed by atoms with van der Waals surface area (Å²) in [5.74, 6) is -2.08. The molecule has 0 aliphatic heterocycles. The van der Waals surface area contributed by atoms with E-state index in [0.29, 0.717) is 22.7 Å². The third-order valence-corrected chi connectivity index (χ3v) is 5.06. The van der Waals surface area contributed by atoms with Crippen LogP contribution in [-0.4, -0.2) is 39.5 Å². The van der Waals surface area contributed by atoms with Crippen molar-refractivity contribution in [3.05, 3.63) is 51.7 Å². The summed E-state index contributed by atoms with van der Waals surface area (Å²) in [6, 6.07) is 6.60. The Morgan fingerprint density at radius 2 is 2.12 bits per heavy atom. The molecule has 0 radical (unpaired) electrons. The smallest absolute Gasteiger partial charge is 0.308 e. The van der Waals surface area contributed by atoms with Crippen molar-refractivity contribution in [3.63, 3.8) is 0 Å². The number of halogens is 1. The van der Waals surface area contributed by atoms with Gasteiger partial charge in [-0.1, -0.05) is 25.1 Å². The summed E-state index contributed by atoms with van der Waals surface area (Å²) in [5.41, 5.74) is 0.843. The molecule has 1 aromatic heterocycles. The van der Waals surface area contributed by atoms with E-state index in [2.05, 4.69) is 4.98 Å². The SMILES string of the molecule is CC(CN(C(=O)c1csc(Cc2ccccc2F)n1)C1CC1)C(=O)O. The number of rotatable bonds is 7. The van der Waals surface area contributed by atoms with E-state index in [4.69, 9.17) is 5.11 Å². The van der Waals surface area contributed by atoms with Crippen LogP contribution < -0.4 is 0 Å². The highest BCUT2D eigenvalue weighted by Gasteiger charge is 2.35. The van der Waals surface area contributed by atoms with Crippen LogP contribution in [0.15, 0.2) is 29.6 Å². The van der Waals surface area contributed by atoms with Crippen molar-refractivity contribution in [2.75, 3.05) is 6.54 Å². The van der Waals surface area contributed by atoms with E-state index in [1.54, 1.807) is 35.4 Å². The lowest BCUT2D eigenvalue weighted by atomic mass is 10.1. The summed E-state index contributed by atoms with van der Waals surface area (Å²) >= 11 is 1.31. The van der Waals surface area contributed by atoms with Crippen molar-refractivity contribution >= 4 is 23.2 Å². The fraction of sp³-hybridized carbons (Fsp3) is 0.389. The zero-order chi connectivity index (χ0) is 18.0. The topological polar surface area (TPSA) is 70.5 Å². The molecule has 1 aliphatic carbocycles. The van der Waals surface area contributed by atoms with Gasteiger partial charge >= 0.3 is 5.97 Å². The van der Waals surface area contributed by atoms with Gasteiger partial charge in [-0.05, 0) is 24.5 Å². The van der Waals surface area contributed by atoms with Gasteiger partial charge in [-0.2, -0.15) is 0 Å². The van der Waals surface area contributed by atoms with Crippen LogP contribution in [0.1, 0.15) is 40.8 Å². The van der Waals surface area contributed by atoms with Crippen molar-refractivity contribution in [1.29, 1.82) is 0 Å². The molecule has 1 saturated carbocycles. The molecule has 1 N–H and O–H groups in total. The molecule has 25 heavy (non-hydrogen) atoms. The molecule has 1 atom stereocenters. The van der Waals surface area contributed by atoms with Crippen molar-refractivity contribution in [2.45, 2.75) is 32.2 Å². The molecular weight excluding hydrogens is 343 g/mol. The Balaban J connectivity index is 1.72. The Morgan fingerprint density at radius 3 is 2.76 bits per heavy atom. The van der Waals surface area contributed by atoms with E-state index < -0.39 is 11.9 Å². The number of carbonyl (C=O) groups excluding carboxylic acids is 1. The van der Waals surface area contributed by atoms with Crippen LogP contribution in [0.25, 0.3) is 0 Å². The summed E-state index contributed by atoms with van der Waals surface area (Å²) in [6.07, 6.45) is 2.12. The standard InChI is InChI=1S/C18H19FN2O3S/c1-11(18(23)24)9-21(13-6-7-13)17(22)15-10-25-16(20-15)8-12-4-2-3-5-14(12)19/h2-5,10-11,13H,6-9H2,1H3,(H,23,24). The lowest BCUT2D eigenvalue weighted by Gasteiger charge is -2.23. The van der Waals surface area contributed by atoms with E-state index in [0.717, 1.165) is 12.8 Å². The number of aliphatic carboxylic acids is 1. The Morgan fingerprint density at radius 1 is 1.40 bits per heavy atom. The van der Waals surface area contributed by atoms with Gasteiger partial charge in [-0.25, -0.2) is 9.37 Å². The second-order valence-electron chi connectivity index (χ2n) is 6.32. The average Bonchev–Trinajstić information content (AvgIpc) is 3.32. The van der Waals surface area contributed by atoms with Crippen molar-refractivity contribution in [1.82, 2.24) is 9.88 Å². The number of carboxylic acid groups (broad SMARTS) is 1. The van der Waals surface area contributed by atoms with Crippen LogP contribution in [-0.2, 0) is 11.2 Å². The van der Waals surface area contributed by atoms with E-state index >= 15 is 0 Å². The summed E-state index contributed by atoms with van der Waals surface area (Å²) in [4.78, 5) is 29.8. The summed E-state index contributed by atoms with van der Waals surface area (Å²) in [7, 11) is 0. The number of carbonyl (C=O) groups is 2. The predicted octanol–water partition coefficient (Wildman–Crippen LogP) is 3.20. The molecule has 0 spiro atoms. The van der Waals surface area contributed by atoms with E-state index in [9.17, 15) is 14.0 Å². The number of aromatic nitrogens is 1. The van der Waals surface area contributed by atoms with Gasteiger partial charge in [0.15, 0.2) is 0 Å². The number of thiazole rings is 1. The molecule has 132 valence electrons. The lowest BCUT2D eigenvalue weighted by molar-refractivity contribution is -0.141. The van der Waals surface area contributed by atoms with Crippen molar-refractivity contribution in [2.24, 2.45) is 5.92 Å². The van der Waals surface area contributed by atoms with Gasteiger partial charge in [0.1, 0.15) is 11.5 Å². The zero-order valence-electron chi connectivity index (χ0n) is 13.8. The fourth-order valence-electron chi connectivity index (χ4n) is 2.60. The van der Waals surface area contributed by atoms with Crippen LogP contribution in [0, 0.1) is 11.7 Å². The normalized spacial score (nSPS) is 15.0. The van der Waals surface area contributed by atoms with Crippen LogP contribution in [0.4, 0.5) is 4.39 Å². The fourth-order valence-corrected chi connectivity index (χ4v) is 3.39. The molecule has 0 bridgehead atoms. The molecule has 1 aliphatic rings. The second kappa shape index (κ2) is 7.31. The highest BCUT2D eigenvalue weighted by molar-refractivity contribution is 7.09. The molecular formula is C18H19FN2O3S. The van der Waals surface area contributed by atoms with Crippen molar-refractivity contribution in [3.8, 4) is 0 Å². The second-order valence-corrected chi connectivity index (χ2v) is 7.27. The van der Waals surface area contributed by atoms with E-state index in [-0.39, 0.29) is 24.3 Å². The molecule has 5 nitrogen and oxygen atoms in total. The van der Waals surface area contributed by atoms with Gasteiger partial charge in [0.2, 0.25) is 0 Å². The monoisotopic (exact) mass is 362 g/mol. The molecule has 1 aromatic carbocycles. The van der Waals surface area contributed by atoms with Gasteiger partial charge in [0.25, 0.3) is 5.91 Å². The Kier molecular flexibility index (Phi) is 5.13. The number of carboxylic acids is 1. The highest BCUT2D eigenvalue weighted by Crippen LogP contribution is 2.29. The lowest BCUT2D eigenvalue weighted by Crippen LogP contribution is -2.38. The first kappa shape index (κ1) is 17.5. The minimum atomic E-state index is -0.919. The predicted molar refractivity (Wildman–Crippen MR) is 92.2 cm³/mol. The maximum absolute atomic E-state index is 13.7.